The number of nitrogens with zero attached hydrogens (tertiary/aromatic N) is 3. The number of urea groups is 1. The lowest BCUT2D eigenvalue weighted by Crippen LogP contribution is -2.52. The van der Waals surface area contributed by atoms with Crippen molar-refractivity contribution in [3.8, 4) is 0 Å². The zero-order chi connectivity index (χ0) is 23.0. The number of para-hydroxylation sites is 1. The van der Waals surface area contributed by atoms with Gasteiger partial charge in [-0.15, -0.1) is 0 Å². The monoisotopic (exact) mass is 434 g/mol. The molecule has 0 unspecified atom stereocenters. The molecule has 3 aromatic rings. The number of hydrogen-bond acceptors (Lipinski definition) is 4. The van der Waals surface area contributed by atoms with Crippen LogP contribution in [0.5, 0.6) is 0 Å². The molecule has 8 nitrogen and oxygen atoms in total. The first-order chi connectivity index (χ1) is 15.3. The number of aromatic nitrogens is 1. The summed E-state index contributed by atoms with van der Waals surface area (Å²) in [5.74, 6) is -2.11. The van der Waals surface area contributed by atoms with Crippen LogP contribution >= 0.6 is 0 Å². The van der Waals surface area contributed by atoms with Crippen LogP contribution < -0.4 is 5.32 Å². The van der Waals surface area contributed by atoms with Crippen LogP contribution in [0.15, 0.2) is 60.3 Å². The molecule has 1 N–H and O–H groups in total. The van der Waals surface area contributed by atoms with Crippen LogP contribution in [0.1, 0.15) is 5.56 Å². The Bertz CT molecular complexity index is 1270. The fourth-order valence-electron chi connectivity index (χ4n) is 3.54. The summed E-state index contributed by atoms with van der Waals surface area (Å²) in [5, 5.41) is 3.44. The number of fused-ring (bicyclic) bond motifs is 1. The van der Waals surface area contributed by atoms with Crippen LogP contribution in [0.3, 0.4) is 0 Å². The van der Waals surface area contributed by atoms with Gasteiger partial charge in [0.25, 0.3) is 11.8 Å². The normalized spacial score (nSPS) is 14.3. The van der Waals surface area contributed by atoms with E-state index in [4.69, 9.17) is 0 Å². The SMILES string of the molecule is CN1C(=O)C(=Cc2cn(CC(=O)Nc3ccc(F)cc3)c3ccccc23)C(=O)N(C)C1=O. The smallest absolute Gasteiger partial charge is 0.333 e. The molecule has 5 amide bonds. The Morgan fingerprint density at radius 1 is 0.969 bits per heavy atom. The van der Waals surface area contributed by atoms with E-state index < -0.39 is 23.7 Å². The number of hydrogen-bond donors (Lipinski definition) is 1. The molecule has 2 aromatic carbocycles. The van der Waals surface area contributed by atoms with Crippen molar-refractivity contribution < 1.29 is 23.6 Å². The summed E-state index contributed by atoms with van der Waals surface area (Å²) < 4.78 is 14.8. The second-order valence-corrected chi connectivity index (χ2v) is 7.35. The van der Waals surface area contributed by atoms with E-state index in [0.717, 1.165) is 20.7 Å². The van der Waals surface area contributed by atoms with Crippen molar-refractivity contribution in [2.75, 3.05) is 19.4 Å². The van der Waals surface area contributed by atoms with Crippen molar-refractivity contribution in [3.63, 3.8) is 0 Å². The molecule has 2 heterocycles. The summed E-state index contributed by atoms with van der Waals surface area (Å²) in [6, 6.07) is 12.0. The third-order valence-electron chi connectivity index (χ3n) is 5.21. The van der Waals surface area contributed by atoms with E-state index in [0.29, 0.717) is 11.3 Å². The van der Waals surface area contributed by atoms with Crippen LogP contribution in [-0.2, 0) is 20.9 Å². The predicted molar refractivity (Wildman–Crippen MR) is 116 cm³/mol. The van der Waals surface area contributed by atoms with E-state index in [1.54, 1.807) is 16.8 Å². The van der Waals surface area contributed by atoms with Crippen LogP contribution in [0.4, 0.5) is 14.9 Å². The Morgan fingerprint density at radius 2 is 1.59 bits per heavy atom. The maximum absolute atomic E-state index is 13.1. The van der Waals surface area contributed by atoms with E-state index in [9.17, 15) is 23.6 Å². The number of barbiturate groups is 1. The molecule has 1 saturated heterocycles. The van der Waals surface area contributed by atoms with Crippen LogP contribution in [-0.4, -0.2) is 52.2 Å². The number of amides is 5. The summed E-state index contributed by atoms with van der Waals surface area (Å²) in [6.07, 6.45) is 3.10. The molecule has 0 radical (unpaired) electrons. The Balaban J connectivity index is 1.67. The van der Waals surface area contributed by atoms with Gasteiger partial charge in [-0.1, -0.05) is 18.2 Å². The second kappa shape index (κ2) is 8.10. The van der Waals surface area contributed by atoms with Gasteiger partial charge in [0.2, 0.25) is 5.91 Å². The number of carbonyl (C=O) groups is 4. The Kier molecular flexibility index (Phi) is 5.31. The van der Waals surface area contributed by atoms with Crippen molar-refractivity contribution in [2.45, 2.75) is 6.54 Å². The standard InChI is InChI=1S/C23H19FN4O4/c1-26-21(30)18(22(31)27(2)23(26)32)11-14-12-28(19-6-4-3-5-17(14)19)13-20(29)25-16-9-7-15(24)8-10-16/h3-12H,13H2,1-2H3,(H,25,29). The van der Waals surface area contributed by atoms with Crippen molar-refractivity contribution >= 4 is 46.4 Å². The fourth-order valence-corrected chi connectivity index (χ4v) is 3.54. The molecular formula is C23H19FN4O4. The molecule has 9 heteroatoms. The third-order valence-corrected chi connectivity index (χ3v) is 5.21. The van der Waals surface area contributed by atoms with Gasteiger partial charge in [-0.3, -0.25) is 24.2 Å². The van der Waals surface area contributed by atoms with Crippen molar-refractivity contribution in [1.29, 1.82) is 0 Å². The molecule has 0 saturated carbocycles. The van der Waals surface area contributed by atoms with Gasteiger partial charge in [-0.2, -0.15) is 0 Å². The lowest BCUT2D eigenvalue weighted by molar-refractivity contribution is -0.134. The number of rotatable bonds is 4. The first-order valence-electron chi connectivity index (χ1n) is 9.71. The maximum Gasteiger partial charge on any atom is 0.333 e. The summed E-state index contributed by atoms with van der Waals surface area (Å²) in [5.41, 5.74) is 1.60. The van der Waals surface area contributed by atoms with E-state index in [-0.39, 0.29) is 18.0 Å². The van der Waals surface area contributed by atoms with Crippen molar-refractivity contribution in [2.24, 2.45) is 0 Å². The summed E-state index contributed by atoms with van der Waals surface area (Å²) in [4.78, 5) is 51.3. The first kappa shape index (κ1) is 21.0. The highest BCUT2D eigenvalue weighted by Crippen LogP contribution is 2.26. The van der Waals surface area contributed by atoms with Crippen molar-refractivity contribution in [3.05, 3.63) is 71.7 Å². The zero-order valence-electron chi connectivity index (χ0n) is 17.3. The lowest BCUT2D eigenvalue weighted by Gasteiger charge is -2.28. The van der Waals surface area contributed by atoms with Gasteiger partial charge in [-0.05, 0) is 36.4 Å². The minimum Gasteiger partial charge on any atom is -0.337 e. The molecule has 1 aliphatic heterocycles. The van der Waals surface area contributed by atoms with E-state index in [1.807, 2.05) is 18.2 Å². The van der Waals surface area contributed by atoms with Gasteiger partial charge in [-0.25, -0.2) is 9.18 Å². The Labute approximate surface area is 182 Å². The number of likely N-dealkylation sites (N-methyl/N-ethyl adjacent to an activating group) is 2. The van der Waals surface area contributed by atoms with Gasteiger partial charge in [0, 0.05) is 42.4 Å². The molecular weight excluding hydrogens is 415 g/mol. The molecule has 0 atom stereocenters. The minimum absolute atomic E-state index is 0.0404. The highest BCUT2D eigenvalue weighted by atomic mass is 19.1. The average molecular weight is 434 g/mol. The molecule has 4 rings (SSSR count). The molecule has 1 fully saturated rings. The van der Waals surface area contributed by atoms with Gasteiger partial charge in [0.05, 0.1) is 0 Å². The predicted octanol–water partition coefficient (Wildman–Crippen LogP) is 2.85. The fraction of sp³-hybridized carbons (Fsp3) is 0.130. The number of benzene rings is 2. The van der Waals surface area contributed by atoms with Crippen LogP contribution in [0.2, 0.25) is 0 Å². The van der Waals surface area contributed by atoms with Crippen LogP contribution in [0.25, 0.3) is 17.0 Å². The zero-order valence-corrected chi connectivity index (χ0v) is 17.3. The molecule has 0 aliphatic carbocycles. The van der Waals surface area contributed by atoms with Gasteiger partial charge in [0.15, 0.2) is 0 Å². The van der Waals surface area contributed by atoms with E-state index >= 15 is 0 Å². The Morgan fingerprint density at radius 3 is 2.25 bits per heavy atom. The highest BCUT2D eigenvalue weighted by Gasteiger charge is 2.37. The quantitative estimate of drug-likeness (QED) is 0.505. The summed E-state index contributed by atoms with van der Waals surface area (Å²) >= 11 is 0. The molecule has 162 valence electrons. The average Bonchev–Trinajstić information content (AvgIpc) is 3.12. The summed E-state index contributed by atoms with van der Waals surface area (Å²) in [6.45, 7) is -0.0404. The molecule has 0 spiro atoms. The number of carbonyl (C=O) groups excluding carboxylic acids is 4. The molecule has 0 bridgehead atoms. The van der Waals surface area contributed by atoms with Gasteiger partial charge < -0.3 is 9.88 Å². The van der Waals surface area contributed by atoms with E-state index in [2.05, 4.69) is 5.32 Å². The summed E-state index contributed by atoms with van der Waals surface area (Å²) in [7, 11) is 2.62. The van der Waals surface area contributed by atoms with E-state index in [1.165, 1.54) is 44.4 Å². The topological polar surface area (TPSA) is 91.7 Å². The Hall–Kier alpha value is -4.27. The number of nitrogens with one attached hydrogen (secondary N) is 1. The number of anilines is 1. The first-order valence-corrected chi connectivity index (χ1v) is 9.71. The molecule has 32 heavy (non-hydrogen) atoms. The second-order valence-electron chi connectivity index (χ2n) is 7.35. The number of halogens is 1. The largest absolute Gasteiger partial charge is 0.337 e. The van der Waals surface area contributed by atoms with Crippen molar-refractivity contribution in [1.82, 2.24) is 14.4 Å². The number of imide groups is 2. The third kappa shape index (κ3) is 3.76. The molecule has 1 aliphatic rings. The van der Waals surface area contributed by atoms with Gasteiger partial charge in [0.1, 0.15) is 17.9 Å². The van der Waals surface area contributed by atoms with Crippen LogP contribution in [0, 0.1) is 5.82 Å². The molecule has 1 aromatic heterocycles. The minimum atomic E-state index is -0.697. The van der Waals surface area contributed by atoms with Gasteiger partial charge >= 0.3 is 6.03 Å². The lowest BCUT2D eigenvalue weighted by atomic mass is 10.1. The highest BCUT2D eigenvalue weighted by molar-refractivity contribution is 6.31. The maximum atomic E-state index is 13.1.